The number of halogens is 4. The number of benzene rings is 2. The molecule has 0 aliphatic carbocycles. The number of piperidine rings is 1. The van der Waals surface area contributed by atoms with Crippen LogP contribution >= 0.6 is 11.6 Å². The van der Waals surface area contributed by atoms with Gasteiger partial charge >= 0.3 is 6.18 Å². The number of anilines is 3. The highest BCUT2D eigenvalue weighted by atomic mass is 35.5. The van der Waals surface area contributed by atoms with Gasteiger partial charge in [0, 0.05) is 41.4 Å². The van der Waals surface area contributed by atoms with E-state index in [4.69, 9.17) is 11.6 Å². The molecule has 4 rings (SSSR count). The monoisotopic (exact) mass is 409 g/mol. The molecule has 1 fully saturated rings. The van der Waals surface area contributed by atoms with Crippen LogP contribution in [0.25, 0.3) is 0 Å². The number of hydrogen-bond acceptors (Lipinski definition) is 3. The molecule has 2 N–H and O–H groups in total. The Balaban J connectivity index is 1.84. The molecule has 0 bridgehead atoms. The maximum Gasteiger partial charge on any atom is 0.418 e. The van der Waals surface area contributed by atoms with Crippen LogP contribution in [0.3, 0.4) is 0 Å². The maximum atomic E-state index is 14.0. The van der Waals surface area contributed by atoms with Crippen LogP contribution in [0.4, 0.5) is 30.2 Å². The van der Waals surface area contributed by atoms with Crippen molar-refractivity contribution in [3.63, 3.8) is 0 Å². The van der Waals surface area contributed by atoms with Gasteiger partial charge in [0.2, 0.25) is 0 Å². The Bertz CT molecular complexity index is 928. The summed E-state index contributed by atoms with van der Waals surface area (Å²) >= 11 is 6.07. The van der Waals surface area contributed by atoms with Crippen molar-refractivity contribution in [3.8, 4) is 0 Å². The Morgan fingerprint density at radius 1 is 1.21 bits per heavy atom. The van der Waals surface area contributed by atoms with Gasteiger partial charge in [-0.3, -0.25) is 0 Å². The first-order valence-electron chi connectivity index (χ1n) is 9.34. The predicted molar refractivity (Wildman–Crippen MR) is 108 cm³/mol. The summed E-state index contributed by atoms with van der Waals surface area (Å²) in [5, 5.41) is 7.13. The van der Waals surface area contributed by atoms with Crippen molar-refractivity contribution in [2.75, 3.05) is 30.4 Å². The van der Waals surface area contributed by atoms with E-state index in [9.17, 15) is 13.2 Å². The van der Waals surface area contributed by atoms with Crippen LogP contribution in [0.2, 0.25) is 5.02 Å². The summed E-state index contributed by atoms with van der Waals surface area (Å²) in [7, 11) is 1.78. The van der Waals surface area contributed by atoms with Crippen molar-refractivity contribution in [2.45, 2.75) is 37.9 Å². The first-order chi connectivity index (χ1) is 13.1. The Hall–Kier alpha value is -1.92. The zero-order valence-corrected chi connectivity index (χ0v) is 16.8. The van der Waals surface area contributed by atoms with Crippen LogP contribution < -0.4 is 15.5 Å². The summed E-state index contributed by atoms with van der Waals surface area (Å²) in [5.41, 5.74) is 2.12. The molecule has 0 radical (unpaired) electrons. The van der Waals surface area contributed by atoms with E-state index in [1.165, 1.54) is 6.07 Å². The van der Waals surface area contributed by atoms with E-state index in [0.29, 0.717) is 28.6 Å². The summed E-state index contributed by atoms with van der Waals surface area (Å²) in [6.07, 6.45) is -3.61. The Kier molecular flexibility index (Phi) is 4.55. The zero-order valence-electron chi connectivity index (χ0n) is 16.0. The van der Waals surface area contributed by atoms with Crippen LogP contribution in [0, 0.1) is 6.92 Å². The highest BCUT2D eigenvalue weighted by Crippen LogP contribution is 2.52. The highest BCUT2D eigenvalue weighted by molar-refractivity contribution is 6.31. The lowest BCUT2D eigenvalue weighted by Crippen LogP contribution is -2.53. The summed E-state index contributed by atoms with van der Waals surface area (Å²) in [6.45, 7) is 5.40. The van der Waals surface area contributed by atoms with Gasteiger partial charge in [0.15, 0.2) is 0 Å². The number of rotatable bonds is 2. The van der Waals surface area contributed by atoms with Gasteiger partial charge in [-0.1, -0.05) is 18.5 Å². The van der Waals surface area contributed by atoms with E-state index in [-0.39, 0.29) is 11.5 Å². The van der Waals surface area contributed by atoms with E-state index in [1.54, 1.807) is 19.2 Å². The highest BCUT2D eigenvalue weighted by Gasteiger charge is 2.51. The fraction of sp³-hybridized carbons (Fsp3) is 0.429. The Morgan fingerprint density at radius 3 is 2.64 bits per heavy atom. The van der Waals surface area contributed by atoms with Gasteiger partial charge in [0.1, 0.15) is 0 Å². The normalized spacial score (nSPS) is 24.1. The number of nitrogens with one attached hydrogen (secondary N) is 2. The van der Waals surface area contributed by atoms with Crippen molar-refractivity contribution >= 4 is 28.7 Å². The zero-order chi connectivity index (χ0) is 20.3. The summed E-state index contributed by atoms with van der Waals surface area (Å²) in [4.78, 5) is 1.83. The smallest absolute Gasteiger partial charge is 0.370 e. The molecule has 0 saturated carbocycles. The molecule has 28 heavy (non-hydrogen) atoms. The van der Waals surface area contributed by atoms with Gasteiger partial charge in [-0.15, -0.1) is 0 Å². The minimum absolute atomic E-state index is 0.0536. The van der Waals surface area contributed by atoms with E-state index >= 15 is 0 Å². The van der Waals surface area contributed by atoms with Crippen molar-refractivity contribution in [1.29, 1.82) is 0 Å². The lowest BCUT2D eigenvalue weighted by molar-refractivity contribution is -0.137. The molecule has 1 saturated heterocycles. The number of nitrogens with zero attached hydrogens (tertiary/aromatic N) is 1. The van der Waals surface area contributed by atoms with Crippen molar-refractivity contribution in [2.24, 2.45) is 0 Å². The number of alkyl halides is 3. The van der Waals surface area contributed by atoms with Crippen LogP contribution in [0.5, 0.6) is 0 Å². The number of hydrogen-bond donors (Lipinski definition) is 2. The molecule has 0 unspecified atom stereocenters. The average molecular weight is 410 g/mol. The van der Waals surface area contributed by atoms with E-state index in [1.807, 2.05) is 24.0 Å². The number of fused-ring (bicyclic) bond motifs is 3. The standard InChI is InChI=1S/C21H23ClF3N3/c1-12-8-13(4-5-17(12)22)27-14-9-15-19(16(10-14)21(23,24)25)28(3)18-6-7-26-11-20(15,18)2/h4-5,8-10,18,26-27H,6-7,11H2,1-3H3/t18-,20-/m0/s1. The molecular weight excluding hydrogens is 387 g/mol. The second-order valence-corrected chi connectivity index (χ2v) is 8.42. The molecule has 2 atom stereocenters. The second kappa shape index (κ2) is 6.56. The molecule has 150 valence electrons. The van der Waals surface area contributed by atoms with Crippen molar-refractivity contribution < 1.29 is 13.2 Å². The fourth-order valence-corrected chi connectivity index (χ4v) is 4.82. The third-order valence-corrected chi connectivity index (χ3v) is 6.54. The average Bonchev–Trinajstić information content (AvgIpc) is 2.85. The quantitative estimate of drug-likeness (QED) is 0.687. The first kappa shape index (κ1) is 19.4. The van der Waals surface area contributed by atoms with Crippen LogP contribution in [-0.2, 0) is 11.6 Å². The van der Waals surface area contributed by atoms with Crippen LogP contribution in [-0.4, -0.2) is 26.2 Å². The minimum Gasteiger partial charge on any atom is -0.370 e. The third kappa shape index (κ3) is 3.03. The molecule has 0 aromatic heterocycles. The fourth-order valence-electron chi connectivity index (χ4n) is 4.70. The van der Waals surface area contributed by atoms with E-state index < -0.39 is 11.7 Å². The van der Waals surface area contributed by atoms with E-state index in [2.05, 4.69) is 17.6 Å². The van der Waals surface area contributed by atoms with Crippen molar-refractivity contribution in [3.05, 3.63) is 52.0 Å². The lowest BCUT2D eigenvalue weighted by atomic mass is 9.75. The molecular formula is C21H23ClF3N3. The SMILES string of the molecule is Cc1cc(Nc2cc(C(F)(F)F)c3c(c2)[C@]2(C)CNCC[C@@H]2N3C)ccc1Cl. The lowest BCUT2D eigenvalue weighted by Gasteiger charge is -2.39. The Morgan fingerprint density at radius 2 is 1.96 bits per heavy atom. The summed E-state index contributed by atoms with van der Waals surface area (Å²) in [5.74, 6) is 0. The molecule has 3 nitrogen and oxygen atoms in total. The maximum absolute atomic E-state index is 14.0. The summed E-state index contributed by atoms with van der Waals surface area (Å²) < 4.78 is 41.9. The largest absolute Gasteiger partial charge is 0.418 e. The third-order valence-electron chi connectivity index (χ3n) is 6.12. The Labute approximate surface area is 167 Å². The molecule has 0 amide bonds. The predicted octanol–water partition coefficient (Wildman–Crippen LogP) is 5.48. The molecule has 0 spiro atoms. The number of likely N-dealkylation sites (N-methyl/N-ethyl adjacent to an activating group) is 1. The van der Waals surface area contributed by atoms with Gasteiger partial charge in [0.25, 0.3) is 0 Å². The van der Waals surface area contributed by atoms with Crippen LogP contribution in [0.1, 0.15) is 30.0 Å². The first-order valence-corrected chi connectivity index (χ1v) is 9.71. The van der Waals surface area contributed by atoms with Gasteiger partial charge in [-0.25, -0.2) is 0 Å². The van der Waals surface area contributed by atoms with Gasteiger partial charge in [0.05, 0.1) is 11.3 Å². The van der Waals surface area contributed by atoms with Gasteiger partial charge in [-0.2, -0.15) is 13.2 Å². The molecule has 2 aliphatic rings. The van der Waals surface area contributed by atoms with Crippen LogP contribution in [0.15, 0.2) is 30.3 Å². The van der Waals surface area contributed by atoms with E-state index in [0.717, 1.165) is 24.1 Å². The minimum atomic E-state index is -4.43. The summed E-state index contributed by atoms with van der Waals surface area (Å²) in [6, 6.07) is 8.49. The molecule has 7 heteroatoms. The molecule has 2 aliphatic heterocycles. The topological polar surface area (TPSA) is 27.3 Å². The molecule has 2 heterocycles. The number of aryl methyl sites for hydroxylation is 1. The molecule has 2 aromatic carbocycles. The second-order valence-electron chi connectivity index (χ2n) is 8.02. The van der Waals surface area contributed by atoms with Crippen molar-refractivity contribution in [1.82, 2.24) is 5.32 Å². The van der Waals surface area contributed by atoms with Gasteiger partial charge in [-0.05, 0) is 61.3 Å². The van der Waals surface area contributed by atoms with Gasteiger partial charge < -0.3 is 15.5 Å². The molecule has 2 aromatic rings.